The minimum Gasteiger partial charge on any atom is -1.00 e. The van der Waals surface area contributed by atoms with Gasteiger partial charge >= 0.3 is 61.6 Å². The van der Waals surface area contributed by atoms with Gasteiger partial charge in [0.1, 0.15) is 0 Å². The molecular weight excluding hydrogens is 456 g/mol. The van der Waals surface area contributed by atoms with E-state index in [-0.39, 0.29) is 66.0 Å². The van der Waals surface area contributed by atoms with Gasteiger partial charge in [-0.25, -0.2) is 8.42 Å². The predicted octanol–water partition coefficient (Wildman–Crippen LogP) is -1.73. The third-order valence-electron chi connectivity index (χ3n) is 2.16. The van der Waals surface area contributed by atoms with Gasteiger partial charge in [-0.1, -0.05) is 35.3 Å². The number of hydrogen-bond donors (Lipinski definition) is 0. The number of hydrogen-bond acceptors (Lipinski definition) is 4. The van der Waals surface area contributed by atoms with Crippen molar-refractivity contribution in [3.8, 4) is 0 Å². The van der Waals surface area contributed by atoms with Crippen LogP contribution in [0.3, 0.4) is 0 Å². The molecule has 0 aromatic heterocycles. The molecule has 4 nitrogen and oxygen atoms in total. The van der Waals surface area contributed by atoms with Gasteiger partial charge in [-0.2, -0.15) is 8.42 Å². The predicted molar refractivity (Wildman–Crippen MR) is 84.2 cm³/mol. The van der Waals surface area contributed by atoms with Crippen molar-refractivity contribution in [3.63, 3.8) is 0 Å². The minimum atomic E-state index is -4.61. The van der Waals surface area contributed by atoms with E-state index >= 15 is 0 Å². The summed E-state index contributed by atoms with van der Waals surface area (Å²) >= 11 is 10.9. The van der Waals surface area contributed by atoms with Crippen molar-refractivity contribution in [2.45, 2.75) is 9.79 Å². The van der Waals surface area contributed by atoms with E-state index in [1.54, 1.807) is 6.07 Å². The first-order valence-corrected chi connectivity index (χ1v) is 9.85. The molecule has 0 radical (unpaired) electrons. The third kappa shape index (κ3) is 10.0. The average molecular weight is 464 g/mol. The summed E-state index contributed by atoms with van der Waals surface area (Å²) in [5.74, 6) is 0. The molecule has 0 saturated heterocycles. The molecule has 0 aliphatic heterocycles. The van der Waals surface area contributed by atoms with Gasteiger partial charge in [0.2, 0.25) is 0 Å². The van der Waals surface area contributed by atoms with Gasteiger partial charge in [0.15, 0.2) is 0 Å². The van der Waals surface area contributed by atoms with Crippen molar-refractivity contribution >= 4 is 53.2 Å². The largest absolute Gasteiger partial charge is 1.00 e. The first-order chi connectivity index (χ1) is 10.00. The summed E-state index contributed by atoms with van der Waals surface area (Å²) in [4.78, 5) is -0.392. The van der Waals surface area contributed by atoms with Gasteiger partial charge in [0, 0.05) is 20.7 Å². The Balaban J connectivity index is 0. The zero-order chi connectivity index (χ0) is 17.0. The van der Waals surface area contributed by atoms with Crippen LogP contribution in [0.25, 0.3) is 0 Å². The SMILES string of the molecule is O=S(=O)(Cl)c1cccc(Cl)c1.O=S(=O)(F)c1cccc(Cl)c1.[F-].[K+]. The number of benzene rings is 2. The van der Waals surface area contributed by atoms with Crippen LogP contribution in [-0.2, 0) is 19.3 Å². The first kappa shape index (κ1) is 26.9. The number of rotatable bonds is 2. The van der Waals surface area contributed by atoms with Gasteiger partial charge in [-0.15, -0.1) is 3.89 Å². The van der Waals surface area contributed by atoms with Crippen LogP contribution in [-0.4, -0.2) is 16.8 Å². The third-order valence-corrected chi connectivity index (χ3v) is 4.79. The van der Waals surface area contributed by atoms with E-state index in [0.717, 1.165) is 12.1 Å². The maximum atomic E-state index is 12.2. The molecule has 12 heteroatoms. The first-order valence-electron chi connectivity index (χ1n) is 5.40. The summed E-state index contributed by atoms with van der Waals surface area (Å²) in [6.07, 6.45) is 0. The molecule has 0 aliphatic carbocycles. The second kappa shape index (κ2) is 11.4. The molecule has 2 aromatic rings. The molecule has 0 bridgehead atoms. The summed E-state index contributed by atoms with van der Waals surface area (Å²) in [5, 5.41) is 0.551. The molecule has 0 amide bonds. The van der Waals surface area contributed by atoms with Crippen molar-refractivity contribution in [1.29, 1.82) is 0 Å². The molecule has 0 atom stereocenters. The smallest absolute Gasteiger partial charge is 1.00 e. The Bertz CT molecular complexity index is 804. The molecule has 0 unspecified atom stereocenters. The summed E-state index contributed by atoms with van der Waals surface area (Å²) in [7, 11) is -3.20. The van der Waals surface area contributed by atoms with Crippen molar-refractivity contribution < 1.29 is 76.8 Å². The topological polar surface area (TPSA) is 68.3 Å². The molecule has 128 valence electrons. The molecule has 2 rings (SSSR count). The van der Waals surface area contributed by atoms with Crippen LogP contribution >= 0.6 is 33.9 Å². The fourth-order valence-corrected chi connectivity index (χ4v) is 3.05. The molecule has 0 aliphatic rings. The molecule has 0 heterocycles. The van der Waals surface area contributed by atoms with Crippen LogP contribution in [0.15, 0.2) is 58.3 Å². The molecule has 0 spiro atoms. The fraction of sp³-hybridized carbons (Fsp3) is 0. The molecular formula is C12H8Cl3F2KO4S2. The molecule has 0 saturated carbocycles. The molecule has 24 heavy (non-hydrogen) atoms. The van der Waals surface area contributed by atoms with Gasteiger partial charge in [0.05, 0.1) is 9.79 Å². The van der Waals surface area contributed by atoms with E-state index in [9.17, 15) is 20.7 Å². The van der Waals surface area contributed by atoms with Crippen molar-refractivity contribution in [2.24, 2.45) is 0 Å². The Labute approximate surface area is 195 Å². The van der Waals surface area contributed by atoms with E-state index in [1.807, 2.05) is 0 Å². The van der Waals surface area contributed by atoms with Crippen LogP contribution in [0.5, 0.6) is 0 Å². The van der Waals surface area contributed by atoms with Crippen molar-refractivity contribution in [3.05, 3.63) is 58.6 Å². The average Bonchev–Trinajstić information content (AvgIpc) is 2.37. The van der Waals surface area contributed by atoms with Crippen LogP contribution < -0.4 is 56.1 Å². The zero-order valence-corrected chi connectivity index (χ0v) is 19.0. The molecule has 0 N–H and O–H groups in total. The van der Waals surface area contributed by atoms with Crippen LogP contribution in [0, 0.1) is 0 Å². The van der Waals surface area contributed by atoms with E-state index in [0.29, 0.717) is 5.02 Å². The maximum absolute atomic E-state index is 12.2. The van der Waals surface area contributed by atoms with E-state index in [4.69, 9.17) is 33.9 Å². The van der Waals surface area contributed by atoms with Crippen LogP contribution in [0.4, 0.5) is 3.89 Å². The molecule has 0 fully saturated rings. The van der Waals surface area contributed by atoms with E-state index in [2.05, 4.69) is 0 Å². The summed E-state index contributed by atoms with van der Waals surface area (Å²) in [6, 6.07) is 10.8. The Morgan fingerprint density at radius 2 is 1.17 bits per heavy atom. The maximum Gasteiger partial charge on any atom is 1.00 e. The quantitative estimate of drug-likeness (QED) is 0.392. The summed E-state index contributed by atoms with van der Waals surface area (Å²) < 4.78 is 54.1. The monoisotopic (exact) mass is 462 g/mol. The normalized spacial score (nSPS) is 10.5. The van der Waals surface area contributed by atoms with E-state index in [1.165, 1.54) is 30.3 Å². The van der Waals surface area contributed by atoms with Gasteiger partial charge < -0.3 is 4.70 Å². The standard InChI is InChI=1S/C6H4Cl2O2S.C6H4ClFO2S.FH.K/c2*7-5-2-1-3-6(4-5)11(8,9)10;;/h2*1-4H;1H;/q;;;+1/p-1. The Morgan fingerprint density at radius 3 is 1.42 bits per heavy atom. The van der Waals surface area contributed by atoms with Crippen molar-refractivity contribution in [2.75, 3.05) is 0 Å². The fourth-order valence-electron chi connectivity index (χ4n) is 1.24. The van der Waals surface area contributed by atoms with Crippen LogP contribution in [0.2, 0.25) is 10.0 Å². The van der Waals surface area contributed by atoms with E-state index < -0.39 is 24.2 Å². The van der Waals surface area contributed by atoms with Crippen LogP contribution in [0.1, 0.15) is 0 Å². The summed E-state index contributed by atoms with van der Waals surface area (Å²) in [5.41, 5.74) is 0. The second-order valence-electron chi connectivity index (χ2n) is 3.79. The second-order valence-corrected chi connectivity index (χ2v) is 8.58. The van der Waals surface area contributed by atoms with Crippen molar-refractivity contribution in [1.82, 2.24) is 0 Å². The zero-order valence-electron chi connectivity index (χ0n) is 12.0. The van der Waals surface area contributed by atoms with Gasteiger partial charge in [0.25, 0.3) is 9.05 Å². The summed E-state index contributed by atoms with van der Waals surface area (Å²) in [6.45, 7) is 0. The Kier molecular flexibility index (Phi) is 12.8. The Hall–Kier alpha value is 0.706. The minimum absolute atomic E-state index is 0. The molecule has 2 aromatic carbocycles. The van der Waals surface area contributed by atoms with Gasteiger partial charge in [-0.3, -0.25) is 0 Å². The van der Waals surface area contributed by atoms with Gasteiger partial charge in [-0.05, 0) is 36.4 Å². The number of halogens is 5. The Morgan fingerprint density at radius 1 is 0.792 bits per heavy atom.